The third kappa shape index (κ3) is 3.48. The van der Waals surface area contributed by atoms with Crippen molar-refractivity contribution in [1.82, 2.24) is 9.88 Å². The average molecular weight is 359 g/mol. The number of nitro groups is 1. The number of pyridine rings is 1. The summed E-state index contributed by atoms with van der Waals surface area (Å²) >= 11 is 3.37. The number of aliphatic carboxylic acids is 1. The summed E-state index contributed by atoms with van der Waals surface area (Å²) in [5.41, 5.74) is 0.521. The van der Waals surface area contributed by atoms with Gasteiger partial charge in [0.05, 0.1) is 15.9 Å². The molecule has 0 aliphatic carbocycles. The summed E-state index contributed by atoms with van der Waals surface area (Å²) in [6, 6.07) is 0. The Labute approximate surface area is 129 Å². The molecule has 21 heavy (non-hydrogen) atoms. The molecule has 0 bridgehead atoms. The zero-order chi connectivity index (χ0) is 15.6. The van der Waals surface area contributed by atoms with Gasteiger partial charge < -0.3 is 10.0 Å². The predicted octanol–water partition coefficient (Wildman–Crippen LogP) is 1.27. The number of nitrogens with zero attached hydrogens (tertiary/aromatic N) is 4. The largest absolute Gasteiger partial charge is 0.480 e. The third-order valence-electron chi connectivity index (χ3n) is 3.45. The maximum atomic E-state index is 10.9. The van der Waals surface area contributed by atoms with Crippen molar-refractivity contribution in [3.05, 3.63) is 26.3 Å². The molecule has 0 aromatic carbocycles. The van der Waals surface area contributed by atoms with Crippen molar-refractivity contribution in [2.24, 2.45) is 0 Å². The molecule has 1 fully saturated rings. The first-order valence-corrected chi connectivity index (χ1v) is 7.18. The van der Waals surface area contributed by atoms with Gasteiger partial charge in [0.2, 0.25) is 0 Å². The Morgan fingerprint density at radius 2 is 2.10 bits per heavy atom. The molecule has 2 heterocycles. The lowest BCUT2D eigenvalue weighted by Crippen LogP contribution is -2.48. The fraction of sp³-hybridized carbons (Fsp3) is 0.500. The fourth-order valence-corrected chi connectivity index (χ4v) is 2.83. The summed E-state index contributed by atoms with van der Waals surface area (Å²) in [5.74, 6) is -0.179. The van der Waals surface area contributed by atoms with Crippen LogP contribution in [-0.4, -0.2) is 58.6 Å². The van der Waals surface area contributed by atoms with Crippen LogP contribution >= 0.6 is 15.9 Å². The van der Waals surface area contributed by atoms with Crippen molar-refractivity contribution in [3.8, 4) is 0 Å². The molecule has 0 spiro atoms. The molecule has 0 unspecified atom stereocenters. The molecule has 114 valence electrons. The third-order valence-corrected chi connectivity index (χ3v) is 4.40. The number of carboxylic acid groups (broad SMARTS) is 1. The molecule has 1 saturated heterocycles. The first kappa shape index (κ1) is 15.6. The molecule has 0 amide bonds. The summed E-state index contributed by atoms with van der Waals surface area (Å²) < 4.78 is 0.614. The van der Waals surface area contributed by atoms with Crippen molar-refractivity contribution < 1.29 is 14.8 Å². The van der Waals surface area contributed by atoms with Gasteiger partial charge >= 0.3 is 5.97 Å². The fourth-order valence-electron chi connectivity index (χ4n) is 2.27. The number of carbonyl (C=O) groups is 1. The number of hydrogen-bond donors (Lipinski definition) is 1. The molecular formula is C12H15BrN4O4. The van der Waals surface area contributed by atoms with E-state index in [0.29, 0.717) is 42.0 Å². The molecule has 0 saturated carbocycles. The zero-order valence-electron chi connectivity index (χ0n) is 11.5. The van der Waals surface area contributed by atoms with Gasteiger partial charge in [-0.15, -0.1) is 0 Å². The molecular weight excluding hydrogens is 344 g/mol. The lowest BCUT2D eigenvalue weighted by atomic mass is 10.2. The van der Waals surface area contributed by atoms with Crippen LogP contribution in [0.2, 0.25) is 0 Å². The van der Waals surface area contributed by atoms with E-state index >= 15 is 0 Å². The van der Waals surface area contributed by atoms with Crippen LogP contribution in [0.1, 0.15) is 5.56 Å². The monoisotopic (exact) mass is 358 g/mol. The smallest absolute Gasteiger partial charge is 0.317 e. The van der Waals surface area contributed by atoms with Crippen molar-refractivity contribution in [2.45, 2.75) is 6.92 Å². The van der Waals surface area contributed by atoms with Crippen molar-refractivity contribution in [3.63, 3.8) is 0 Å². The second kappa shape index (κ2) is 6.35. The molecule has 1 aromatic rings. The highest BCUT2D eigenvalue weighted by molar-refractivity contribution is 9.10. The van der Waals surface area contributed by atoms with E-state index < -0.39 is 10.9 Å². The summed E-state index contributed by atoms with van der Waals surface area (Å²) in [6.07, 6.45) is 1.26. The minimum absolute atomic E-state index is 0.0184. The molecule has 0 radical (unpaired) electrons. The summed E-state index contributed by atoms with van der Waals surface area (Å²) in [5, 5.41) is 19.6. The quantitative estimate of drug-likeness (QED) is 0.638. The minimum Gasteiger partial charge on any atom is -0.480 e. The van der Waals surface area contributed by atoms with Crippen LogP contribution in [-0.2, 0) is 4.79 Å². The number of halogens is 1. The Bertz CT molecular complexity index is 573. The Balaban J connectivity index is 2.12. The van der Waals surface area contributed by atoms with Gasteiger partial charge in [-0.2, -0.15) is 0 Å². The van der Waals surface area contributed by atoms with E-state index in [9.17, 15) is 14.9 Å². The highest BCUT2D eigenvalue weighted by Crippen LogP contribution is 2.33. The highest BCUT2D eigenvalue weighted by Gasteiger charge is 2.24. The lowest BCUT2D eigenvalue weighted by molar-refractivity contribution is -0.385. The van der Waals surface area contributed by atoms with Crippen LogP contribution in [0.4, 0.5) is 11.5 Å². The van der Waals surface area contributed by atoms with E-state index in [1.807, 2.05) is 9.80 Å². The normalized spacial score (nSPS) is 16.0. The highest BCUT2D eigenvalue weighted by atomic mass is 79.9. The summed E-state index contributed by atoms with van der Waals surface area (Å²) in [4.78, 5) is 29.1. The topological polar surface area (TPSA) is 99.8 Å². The number of rotatable bonds is 4. The average Bonchev–Trinajstić information content (AvgIpc) is 2.42. The van der Waals surface area contributed by atoms with Crippen LogP contribution in [0.5, 0.6) is 0 Å². The van der Waals surface area contributed by atoms with Gasteiger partial charge in [-0.3, -0.25) is 19.8 Å². The van der Waals surface area contributed by atoms with Crippen molar-refractivity contribution >= 4 is 33.4 Å². The molecule has 1 aliphatic rings. The van der Waals surface area contributed by atoms with Gasteiger partial charge in [0.25, 0.3) is 5.69 Å². The SMILES string of the molecule is Cc1c([N+](=O)[O-])cnc(N2CCN(CC(=O)O)CC2)c1Br. The van der Waals surface area contributed by atoms with Crippen molar-refractivity contribution in [2.75, 3.05) is 37.6 Å². The first-order chi connectivity index (χ1) is 9.90. The number of anilines is 1. The minimum atomic E-state index is -0.839. The molecule has 1 aliphatic heterocycles. The second-order valence-corrected chi connectivity index (χ2v) is 5.61. The van der Waals surface area contributed by atoms with Gasteiger partial charge in [0, 0.05) is 31.7 Å². The number of aromatic nitrogens is 1. The number of hydrogen-bond acceptors (Lipinski definition) is 6. The molecule has 9 heteroatoms. The molecule has 1 aromatic heterocycles. The van der Waals surface area contributed by atoms with E-state index in [-0.39, 0.29) is 12.2 Å². The summed E-state index contributed by atoms with van der Waals surface area (Å²) in [7, 11) is 0. The van der Waals surface area contributed by atoms with E-state index in [1.54, 1.807) is 6.92 Å². The molecule has 0 atom stereocenters. The zero-order valence-corrected chi connectivity index (χ0v) is 13.0. The summed E-state index contributed by atoms with van der Waals surface area (Å²) in [6.45, 7) is 4.22. The number of piperazine rings is 1. The van der Waals surface area contributed by atoms with E-state index in [2.05, 4.69) is 20.9 Å². The number of carboxylic acids is 1. The Morgan fingerprint density at radius 3 is 2.62 bits per heavy atom. The Kier molecular flexibility index (Phi) is 4.73. The van der Waals surface area contributed by atoms with Gasteiger partial charge in [-0.25, -0.2) is 4.98 Å². The maximum absolute atomic E-state index is 10.9. The molecule has 8 nitrogen and oxygen atoms in total. The predicted molar refractivity (Wildman–Crippen MR) is 79.6 cm³/mol. The van der Waals surface area contributed by atoms with Crippen LogP contribution in [0.3, 0.4) is 0 Å². The van der Waals surface area contributed by atoms with Crippen LogP contribution in [0, 0.1) is 17.0 Å². The molecule has 1 N–H and O–H groups in total. The van der Waals surface area contributed by atoms with Crippen LogP contribution in [0.25, 0.3) is 0 Å². The first-order valence-electron chi connectivity index (χ1n) is 6.38. The lowest BCUT2D eigenvalue weighted by Gasteiger charge is -2.35. The van der Waals surface area contributed by atoms with Gasteiger partial charge in [-0.05, 0) is 22.9 Å². The van der Waals surface area contributed by atoms with Gasteiger partial charge in [0.15, 0.2) is 0 Å². The van der Waals surface area contributed by atoms with Crippen molar-refractivity contribution in [1.29, 1.82) is 0 Å². The van der Waals surface area contributed by atoms with Crippen LogP contribution in [0.15, 0.2) is 10.7 Å². The maximum Gasteiger partial charge on any atom is 0.317 e. The van der Waals surface area contributed by atoms with Crippen LogP contribution < -0.4 is 4.90 Å². The van der Waals surface area contributed by atoms with E-state index in [1.165, 1.54) is 6.20 Å². The van der Waals surface area contributed by atoms with E-state index in [4.69, 9.17) is 5.11 Å². The van der Waals surface area contributed by atoms with Gasteiger partial charge in [0.1, 0.15) is 12.0 Å². The standard InChI is InChI=1S/C12H15BrN4O4/c1-8-9(17(20)21)6-14-12(11(8)13)16-4-2-15(3-5-16)7-10(18)19/h6H,2-5,7H2,1H3,(H,18,19). The second-order valence-electron chi connectivity index (χ2n) is 4.82. The van der Waals surface area contributed by atoms with Gasteiger partial charge in [-0.1, -0.05) is 0 Å². The molecule has 2 rings (SSSR count). The van der Waals surface area contributed by atoms with E-state index in [0.717, 1.165) is 0 Å². The Morgan fingerprint density at radius 1 is 1.48 bits per heavy atom. The Hall–Kier alpha value is -1.74.